The Morgan fingerprint density at radius 1 is 1.07 bits per heavy atom. The van der Waals surface area contributed by atoms with Gasteiger partial charge in [0.15, 0.2) is 0 Å². The Morgan fingerprint density at radius 3 is 2.27 bits per heavy atom. The lowest BCUT2D eigenvalue weighted by molar-refractivity contribution is 0.325. The number of nitrogens with two attached hydrogens (primary N) is 1. The summed E-state index contributed by atoms with van der Waals surface area (Å²) in [5.41, 5.74) is 7.30. The largest absolute Gasteiger partial charge is 0.328 e. The zero-order valence-corrected chi connectivity index (χ0v) is 9.71. The van der Waals surface area contributed by atoms with Gasteiger partial charge in [-0.3, -0.25) is 0 Å². The number of hydrogen-bond donors (Lipinski definition) is 1. The second-order valence-corrected chi connectivity index (χ2v) is 5.05. The molecule has 2 heteroatoms. The van der Waals surface area contributed by atoms with Gasteiger partial charge in [0, 0.05) is 11.1 Å². The predicted octanol–water partition coefficient (Wildman–Crippen LogP) is 3.40. The topological polar surface area (TPSA) is 26.0 Å². The van der Waals surface area contributed by atoms with Crippen LogP contribution >= 0.6 is 11.6 Å². The van der Waals surface area contributed by atoms with Crippen LogP contribution in [0, 0.1) is 5.92 Å². The quantitative estimate of drug-likeness (QED) is 0.817. The molecule has 0 radical (unpaired) electrons. The fourth-order valence-electron chi connectivity index (χ4n) is 2.35. The van der Waals surface area contributed by atoms with Crippen molar-refractivity contribution in [2.75, 3.05) is 0 Å². The van der Waals surface area contributed by atoms with Gasteiger partial charge in [0.1, 0.15) is 0 Å². The fourth-order valence-corrected chi connectivity index (χ4v) is 2.47. The molecule has 0 amide bonds. The average Bonchev–Trinajstić information content (AvgIpc) is 2.25. The molecule has 15 heavy (non-hydrogen) atoms. The van der Waals surface area contributed by atoms with Crippen molar-refractivity contribution in [2.24, 2.45) is 11.7 Å². The van der Waals surface area contributed by atoms with Crippen LogP contribution in [0.15, 0.2) is 24.3 Å². The number of halogens is 1. The molecule has 1 aromatic rings. The molecule has 1 aromatic carbocycles. The monoisotopic (exact) mass is 223 g/mol. The van der Waals surface area contributed by atoms with E-state index < -0.39 is 0 Å². The Kier molecular flexibility index (Phi) is 3.66. The molecule has 2 N–H and O–H groups in total. The molecule has 1 saturated carbocycles. The van der Waals surface area contributed by atoms with E-state index in [1.807, 2.05) is 12.1 Å². The second kappa shape index (κ2) is 5.00. The van der Waals surface area contributed by atoms with Crippen molar-refractivity contribution < 1.29 is 0 Å². The van der Waals surface area contributed by atoms with Crippen LogP contribution < -0.4 is 5.73 Å². The first kappa shape index (κ1) is 11.0. The number of rotatable bonds is 2. The Balaban J connectivity index is 1.89. The molecule has 1 aliphatic rings. The van der Waals surface area contributed by atoms with Crippen LogP contribution in [0.3, 0.4) is 0 Å². The van der Waals surface area contributed by atoms with E-state index in [2.05, 4.69) is 12.1 Å². The van der Waals surface area contributed by atoms with Gasteiger partial charge in [0.25, 0.3) is 0 Å². The molecule has 1 fully saturated rings. The SMILES string of the molecule is NC1CCC(Cc2ccc(Cl)cc2)CC1. The zero-order valence-electron chi connectivity index (χ0n) is 8.95. The summed E-state index contributed by atoms with van der Waals surface area (Å²) in [5, 5.41) is 0.824. The van der Waals surface area contributed by atoms with Crippen LogP contribution in [0.25, 0.3) is 0 Å². The van der Waals surface area contributed by atoms with Gasteiger partial charge in [-0.2, -0.15) is 0 Å². The van der Waals surface area contributed by atoms with E-state index in [4.69, 9.17) is 17.3 Å². The first-order valence-corrected chi connectivity index (χ1v) is 6.12. The van der Waals surface area contributed by atoms with E-state index in [0.717, 1.165) is 10.9 Å². The van der Waals surface area contributed by atoms with Crippen molar-refractivity contribution in [2.45, 2.75) is 38.1 Å². The van der Waals surface area contributed by atoms with Gasteiger partial charge < -0.3 is 5.73 Å². The van der Waals surface area contributed by atoms with Crippen molar-refractivity contribution >= 4 is 11.6 Å². The van der Waals surface area contributed by atoms with E-state index in [1.165, 1.54) is 37.7 Å². The molecular weight excluding hydrogens is 206 g/mol. The van der Waals surface area contributed by atoms with Crippen molar-refractivity contribution in [1.29, 1.82) is 0 Å². The van der Waals surface area contributed by atoms with Crippen LogP contribution in [0.4, 0.5) is 0 Å². The van der Waals surface area contributed by atoms with Crippen molar-refractivity contribution in [3.8, 4) is 0 Å². The minimum atomic E-state index is 0.450. The summed E-state index contributed by atoms with van der Waals surface area (Å²) in [4.78, 5) is 0. The zero-order chi connectivity index (χ0) is 10.7. The summed E-state index contributed by atoms with van der Waals surface area (Å²) in [6, 6.07) is 8.68. The molecule has 0 bridgehead atoms. The molecular formula is C13H18ClN. The van der Waals surface area contributed by atoms with Crippen molar-refractivity contribution in [3.63, 3.8) is 0 Å². The highest BCUT2D eigenvalue weighted by atomic mass is 35.5. The summed E-state index contributed by atoms with van der Waals surface area (Å²) in [7, 11) is 0. The molecule has 1 nitrogen and oxygen atoms in total. The Labute approximate surface area is 96.6 Å². The van der Waals surface area contributed by atoms with Gasteiger partial charge >= 0.3 is 0 Å². The first-order chi connectivity index (χ1) is 7.24. The minimum Gasteiger partial charge on any atom is -0.328 e. The number of benzene rings is 1. The molecule has 0 spiro atoms. The van der Waals surface area contributed by atoms with Gasteiger partial charge in [-0.25, -0.2) is 0 Å². The highest BCUT2D eigenvalue weighted by Gasteiger charge is 2.18. The van der Waals surface area contributed by atoms with E-state index in [0.29, 0.717) is 6.04 Å². The minimum absolute atomic E-state index is 0.450. The third kappa shape index (κ3) is 3.22. The van der Waals surface area contributed by atoms with Crippen molar-refractivity contribution in [1.82, 2.24) is 0 Å². The Hall–Kier alpha value is -0.530. The summed E-state index contributed by atoms with van der Waals surface area (Å²) >= 11 is 5.86. The summed E-state index contributed by atoms with van der Waals surface area (Å²) < 4.78 is 0. The van der Waals surface area contributed by atoms with Crippen LogP contribution in [-0.4, -0.2) is 6.04 Å². The lowest BCUT2D eigenvalue weighted by atomic mass is 9.83. The molecule has 0 aliphatic heterocycles. The molecule has 82 valence electrons. The Bertz CT molecular complexity index is 299. The molecule has 1 aliphatic carbocycles. The predicted molar refractivity (Wildman–Crippen MR) is 65.1 cm³/mol. The third-order valence-electron chi connectivity index (χ3n) is 3.33. The molecule has 0 atom stereocenters. The normalized spacial score (nSPS) is 26.5. The smallest absolute Gasteiger partial charge is 0.0406 e. The van der Waals surface area contributed by atoms with E-state index >= 15 is 0 Å². The van der Waals surface area contributed by atoms with Gasteiger partial charge in [-0.15, -0.1) is 0 Å². The standard InChI is InChI=1S/C13H18ClN/c14-12-5-1-10(2-6-12)9-11-3-7-13(15)8-4-11/h1-2,5-6,11,13H,3-4,7-9,15H2. The molecule has 0 unspecified atom stereocenters. The summed E-state index contributed by atoms with van der Waals surface area (Å²) in [6.07, 6.45) is 6.13. The maximum atomic E-state index is 5.89. The second-order valence-electron chi connectivity index (χ2n) is 4.61. The van der Waals surface area contributed by atoms with Crippen LogP contribution in [0.2, 0.25) is 5.02 Å². The van der Waals surface area contributed by atoms with Crippen LogP contribution in [-0.2, 0) is 6.42 Å². The summed E-state index contributed by atoms with van der Waals surface area (Å²) in [6.45, 7) is 0. The average molecular weight is 224 g/mol. The Morgan fingerprint density at radius 2 is 1.67 bits per heavy atom. The third-order valence-corrected chi connectivity index (χ3v) is 3.58. The van der Waals surface area contributed by atoms with Gasteiger partial charge in [-0.05, 0) is 55.7 Å². The van der Waals surface area contributed by atoms with Crippen LogP contribution in [0.5, 0.6) is 0 Å². The lowest BCUT2D eigenvalue weighted by Gasteiger charge is -2.26. The summed E-state index contributed by atoms with van der Waals surface area (Å²) in [5.74, 6) is 0.825. The molecule has 2 rings (SSSR count). The van der Waals surface area contributed by atoms with Crippen LogP contribution in [0.1, 0.15) is 31.2 Å². The maximum Gasteiger partial charge on any atom is 0.0406 e. The van der Waals surface area contributed by atoms with E-state index in [9.17, 15) is 0 Å². The van der Waals surface area contributed by atoms with Gasteiger partial charge in [0.2, 0.25) is 0 Å². The lowest BCUT2D eigenvalue weighted by Crippen LogP contribution is -2.27. The van der Waals surface area contributed by atoms with Crippen molar-refractivity contribution in [3.05, 3.63) is 34.9 Å². The highest BCUT2D eigenvalue weighted by Crippen LogP contribution is 2.26. The number of hydrogen-bond acceptors (Lipinski definition) is 1. The fraction of sp³-hybridized carbons (Fsp3) is 0.538. The molecule has 0 saturated heterocycles. The van der Waals surface area contributed by atoms with Gasteiger partial charge in [-0.1, -0.05) is 23.7 Å². The molecule has 0 heterocycles. The maximum absolute atomic E-state index is 5.89. The highest BCUT2D eigenvalue weighted by molar-refractivity contribution is 6.30. The van der Waals surface area contributed by atoms with E-state index in [1.54, 1.807) is 0 Å². The molecule has 0 aromatic heterocycles. The first-order valence-electron chi connectivity index (χ1n) is 5.74. The van der Waals surface area contributed by atoms with Gasteiger partial charge in [0.05, 0.1) is 0 Å². The van der Waals surface area contributed by atoms with E-state index in [-0.39, 0.29) is 0 Å².